The fraction of sp³-hybridized carbons (Fsp3) is 0.179. The zero-order chi connectivity index (χ0) is 40.1. The first-order chi connectivity index (χ1) is 30.2. The number of rotatable bonds is 7. The molecule has 6 heteroatoms. The van der Waals surface area contributed by atoms with E-state index in [2.05, 4.69) is 179 Å². The topological polar surface area (TPSA) is 33.5 Å². The Morgan fingerprint density at radius 3 is 2.08 bits per heavy atom. The number of fused-ring (bicyclic) bond motifs is 5. The van der Waals surface area contributed by atoms with Gasteiger partial charge in [0.1, 0.15) is 5.82 Å². The number of hydrogen-bond acceptors (Lipinski definition) is 4. The third kappa shape index (κ3) is 5.74. The van der Waals surface area contributed by atoms with Gasteiger partial charge in [-0.3, -0.25) is 0 Å². The van der Waals surface area contributed by atoms with E-state index in [1.54, 1.807) is 0 Å². The third-order valence-corrected chi connectivity index (χ3v) is 14.6. The molecule has 5 nitrogen and oxygen atoms in total. The number of para-hydroxylation sites is 4. The minimum absolute atomic E-state index is 0. The SMILES string of the molecule is [Pt].[c-]1c(Oc2[c-]c3c(cc2)c2ccccc2n3-c2cc(C3(c4cccc5ccccc45)C4CC5CC(C4)CC3C5)ccn2)cccc1N1[CH-]N(c2ccccc2)c2ccccc21. The summed E-state index contributed by atoms with van der Waals surface area (Å²) in [7, 11) is 0. The van der Waals surface area contributed by atoms with Crippen LogP contribution in [0.15, 0.2) is 170 Å². The summed E-state index contributed by atoms with van der Waals surface area (Å²) in [5.41, 5.74) is 9.08. The first kappa shape index (κ1) is 37.6. The first-order valence-corrected chi connectivity index (χ1v) is 21.9. The van der Waals surface area contributed by atoms with E-state index in [-0.39, 0.29) is 26.5 Å². The first-order valence-electron chi connectivity index (χ1n) is 21.9. The summed E-state index contributed by atoms with van der Waals surface area (Å²) >= 11 is 0. The zero-order valence-corrected chi connectivity index (χ0v) is 36.4. The summed E-state index contributed by atoms with van der Waals surface area (Å²) in [6.45, 7) is 2.13. The molecule has 0 unspecified atom stereocenters. The van der Waals surface area contributed by atoms with E-state index in [0.717, 1.165) is 56.8 Å². The number of nitrogens with zero attached hydrogens (tertiary/aromatic N) is 4. The van der Waals surface area contributed by atoms with E-state index in [9.17, 15) is 0 Å². The van der Waals surface area contributed by atoms with Crippen molar-refractivity contribution in [1.29, 1.82) is 0 Å². The smallest absolute Gasteiger partial charge is 0.135 e. The molecule has 3 heterocycles. The Hall–Kier alpha value is -6.16. The molecular formula is C56H43N4OPt-3. The van der Waals surface area contributed by atoms with Gasteiger partial charge in [-0.25, -0.2) is 4.98 Å². The summed E-state index contributed by atoms with van der Waals surface area (Å²) in [5, 5.41) is 5.01. The number of anilines is 4. The monoisotopic (exact) mass is 982 g/mol. The van der Waals surface area contributed by atoms with Crippen molar-refractivity contribution in [2.45, 2.75) is 37.5 Å². The number of pyridine rings is 1. The molecule has 14 rings (SSSR count). The van der Waals surface area contributed by atoms with Crippen LogP contribution < -0.4 is 14.5 Å². The van der Waals surface area contributed by atoms with Crippen molar-refractivity contribution in [1.82, 2.24) is 9.55 Å². The standard InChI is InChI=1S/C56H43N4O.Pt/c1-2-14-43(15-3-1)58-36-59(53-23-9-8-22-52(53)58)44-16-11-17-45(34-44)61-46-24-25-49-48-19-6-7-21-51(48)60(54(49)35-46)55-33-40(26-27-57-55)56(41-29-37-28-38(31-41)32-42(56)30-37)50-20-10-13-39-12-4-5-18-47(39)50;/h1-27,33,36-38,41-42H,28-32H2;/q-3;. The molecule has 4 aliphatic carbocycles. The van der Waals surface area contributed by atoms with Gasteiger partial charge < -0.3 is 19.1 Å². The van der Waals surface area contributed by atoms with Crippen molar-refractivity contribution in [3.8, 4) is 17.3 Å². The second-order valence-corrected chi connectivity index (χ2v) is 17.7. The van der Waals surface area contributed by atoms with Gasteiger partial charge in [-0.2, -0.15) is 12.1 Å². The average molecular weight is 983 g/mol. The fourth-order valence-electron chi connectivity index (χ4n) is 12.4. The van der Waals surface area contributed by atoms with Gasteiger partial charge in [-0.05, 0) is 126 Å². The molecule has 0 N–H and O–H groups in total. The van der Waals surface area contributed by atoms with Crippen LogP contribution in [0.2, 0.25) is 0 Å². The summed E-state index contributed by atoms with van der Waals surface area (Å²) in [5.74, 6) is 5.09. The zero-order valence-electron chi connectivity index (χ0n) is 34.1. The van der Waals surface area contributed by atoms with Crippen molar-refractivity contribution in [3.05, 3.63) is 200 Å². The quantitative estimate of drug-likeness (QED) is 0.149. The molecule has 9 aromatic rings. The molecule has 7 aromatic carbocycles. The summed E-state index contributed by atoms with van der Waals surface area (Å²) in [4.78, 5) is 9.57. The molecule has 4 saturated carbocycles. The van der Waals surface area contributed by atoms with Crippen molar-refractivity contribution in [3.63, 3.8) is 0 Å². The van der Waals surface area contributed by atoms with Crippen molar-refractivity contribution >= 4 is 55.3 Å². The normalized spacial score (nSPS) is 22.3. The van der Waals surface area contributed by atoms with E-state index >= 15 is 0 Å². The van der Waals surface area contributed by atoms with Gasteiger partial charge in [-0.1, -0.05) is 96.5 Å². The average Bonchev–Trinajstić information content (AvgIpc) is 3.86. The molecule has 306 valence electrons. The van der Waals surface area contributed by atoms with Crippen LogP contribution in [-0.4, -0.2) is 9.55 Å². The molecule has 0 amide bonds. The van der Waals surface area contributed by atoms with Gasteiger partial charge >= 0.3 is 0 Å². The Bertz CT molecular complexity index is 3120. The van der Waals surface area contributed by atoms with Gasteiger partial charge in [0.2, 0.25) is 0 Å². The van der Waals surface area contributed by atoms with Gasteiger partial charge in [0.15, 0.2) is 0 Å². The fourth-order valence-corrected chi connectivity index (χ4v) is 12.4. The summed E-state index contributed by atoms with van der Waals surface area (Å²) in [6, 6.07) is 66.0. The van der Waals surface area contributed by atoms with E-state index in [4.69, 9.17) is 9.72 Å². The van der Waals surface area contributed by atoms with Crippen LogP contribution in [0.25, 0.3) is 38.4 Å². The molecule has 2 aromatic heterocycles. The maximum Gasteiger partial charge on any atom is 0.135 e. The van der Waals surface area contributed by atoms with Crippen LogP contribution in [0, 0.1) is 42.5 Å². The van der Waals surface area contributed by atoms with Crippen LogP contribution in [0.3, 0.4) is 0 Å². The predicted molar refractivity (Wildman–Crippen MR) is 246 cm³/mol. The van der Waals surface area contributed by atoms with Crippen LogP contribution in [0.1, 0.15) is 43.2 Å². The minimum Gasteiger partial charge on any atom is -0.509 e. The Morgan fingerprint density at radius 2 is 1.26 bits per heavy atom. The Kier molecular flexibility index (Phi) is 8.94. The molecular weight excluding hydrogens is 940 g/mol. The minimum atomic E-state index is -0.0744. The van der Waals surface area contributed by atoms with Crippen molar-refractivity contribution < 1.29 is 25.8 Å². The molecule has 1 aliphatic heterocycles. The predicted octanol–water partition coefficient (Wildman–Crippen LogP) is 13.9. The number of aromatic nitrogens is 2. The molecule has 0 spiro atoms. The van der Waals surface area contributed by atoms with Gasteiger partial charge in [0.25, 0.3) is 0 Å². The molecule has 4 bridgehead atoms. The Labute approximate surface area is 376 Å². The van der Waals surface area contributed by atoms with Crippen LogP contribution in [-0.2, 0) is 26.5 Å². The maximum absolute atomic E-state index is 6.67. The largest absolute Gasteiger partial charge is 0.509 e. The van der Waals surface area contributed by atoms with E-state index < -0.39 is 0 Å². The third-order valence-electron chi connectivity index (χ3n) is 14.6. The molecule has 5 aliphatic rings. The molecule has 62 heavy (non-hydrogen) atoms. The second kappa shape index (κ2) is 14.7. The molecule has 4 fully saturated rings. The van der Waals surface area contributed by atoms with Gasteiger partial charge in [0.05, 0.1) is 0 Å². The van der Waals surface area contributed by atoms with E-state index in [1.807, 2.05) is 24.3 Å². The van der Waals surface area contributed by atoms with E-state index in [1.165, 1.54) is 59.4 Å². The van der Waals surface area contributed by atoms with Crippen molar-refractivity contribution in [2.75, 3.05) is 9.80 Å². The van der Waals surface area contributed by atoms with Crippen molar-refractivity contribution in [2.24, 2.45) is 23.7 Å². The molecule has 0 saturated heterocycles. The molecule has 0 atom stereocenters. The van der Waals surface area contributed by atoms with Gasteiger partial charge in [-0.15, -0.1) is 48.1 Å². The number of hydrogen-bond donors (Lipinski definition) is 0. The number of ether oxygens (including phenoxy) is 1. The number of benzene rings is 7. The van der Waals surface area contributed by atoms with E-state index in [0.29, 0.717) is 23.3 Å². The summed E-state index contributed by atoms with van der Waals surface area (Å²) < 4.78 is 8.98. The maximum atomic E-state index is 6.67. The Balaban J connectivity index is 0.00000410. The van der Waals surface area contributed by atoms with Crippen LogP contribution in [0.4, 0.5) is 22.7 Å². The summed E-state index contributed by atoms with van der Waals surface area (Å²) in [6.07, 6.45) is 8.72. The second-order valence-electron chi connectivity index (χ2n) is 17.7. The Morgan fingerprint density at radius 1 is 0.581 bits per heavy atom. The molecule has 0 radical (unpaired) electrons. The van der Waals surface area contributed by atoms with Crippen LogP contribution in [0.5, 0.6) is 11.5 Å². The van der Waals surface area contributed by atoms with Gasteiger partial charge in [0, 0.05) is 66.8 Å². The van der Waals surface area contributed by atoms with Crippen LogP contribution >= 0.6 is 0 Å².